The van der Waals surface area contributed by atoms with E-state index in [0.29, 0.717) is 28.2 Å². The van der Waals surface area contributed by atoms with Gasteiger partial charge in [0.25, 0.3) is 5.91 Å². The van der Waals surface area contributed by atoms with Crippen molar-refractivity contribution in [1.29, 1.82) is 0 Å². The SMILES string of the molecule is Cc1cc(OCn2ccc(C(=O)Nc3ccn(Cc4ccc(Cl)cc4)n3)n2)ccc1Cl. The number of anilines is 1. The third-order valence-corrected chi connectivity index (χ3v) is 5.18. The number of halogens is 2. The Bertz CT molecular complexity index is 1200. The maximum atomic E-state index is 12.5. The average Bonchev–Trinajstić information content (AvgIpc) is 3.40. The van der Waals surface area contributed by atoms with Gasteiger partial charge in [0.2, 0.25) is 0 Å². The Kier molecular flexibility index (Phi) is 6.25. The number of amides is 1. The van der Waals surface area contributed by atoms with Gasteiger partial charge in [-0.15, -0.1) is 0 Å². The first kappa shape index (κ1) is 21.0. The van der Waals surface area contributed by atoms with Crippen molar-refractivity contribution in [3.05, 3.63) is 93.9 Å². The lowest BCUT2D eigenvalue weighted by Crippen LogP contribution is -2.15. The molecule has 1 amide bonds. The van der Waals surface area contributed by atoms with Crippen molar-refractivity contribution in [2.75, 3.05) is 5.32 Å². The van der Waals surface area contributed by atoms with E-state index in [1.807, 2.05) is 37.3 Å². The van der Waals surface area contributed by atoms with Gasteiger partial charge in [0.1, 0.15) is 5.75 Å². The molecular formula is C22H19Cl2N5O2. The van der Waals surface area contributed by atoms with Gasteiger partial charge < -0.3 is 10.1 Å². The van der Waals surface area contributed by atoms with E-state index in [1.165, 1.54) is 4.68 Å². The van der Waals surface area contributed by atoms with Crippen molar-refractivity contribution in [2.24, 2.45) is 0 Å². The van der Waals surface area contributed by atoms with Gasteiger partial charge in [-0.25, -0.2) is 4.68 Å². The predicted octanol–water partition coefficient (Wildman–Crippen LogP) is 5.03. The molecule has 7 nitrogen and oxygen atoms in total. The first-order chi connectivity index (χ1) is 15.0. The number of aryl methyl sites for hydroxylation is 1. The maximum Gasteiger partial charge on any atom is 0.277 e. The van der Waals surface area contributed by atoms with E-state index < -0.39 is 0 Å². The molecule has 0 saturated carbocycles. The van der Waals surface area contributed by atoms with Crippen LogP contribution in [0, 0.1) is 6.92 Å². The molecule has 0 atom stereocenters. The molecule has 2 aromatic carbocycles. The maximum absolute atomic E-state index is 12.5. The topological polar surface area (TPSA) is 74.0 Å². The number of nitrogens with one attached hydrogen (secondary N) is 1. The summed E-state index contributed by atoms with van der Waals surface area (Å²) in [7, 11) is 0. The summed E-state index contributed by atoms with van der Waals surface area (Å²) in [6.07, 6.45) is 3.47. The fourth-order valence-electron chi connectivity index (χ4n) is 2.88. The van der Waals surface area contributed by atoms with Crippen LogP contribution >= 0.6 is 23.2 Å². The summed E-state index contributed by atoms with van der Waals surface area (Å²) in [6.45, 7) is 2.65. The van der Waals surface area contributed by atoms with Crippen LogP contribution in [0.4, 0.5) is 5.82 Å². The van der Waals surface area contributed by atoms with Gasteiger partial charge in [-0.1, -0.05) is 35.3 Å². The van der Waals surface area contributed by atoms with E-state index >= 15 is 0 Å². The number of benzene rings is 2. The van der Waals surface area contributed by atoms with E-state index in [2.05, 4.69) is 15.5 Å². The molecule has 0 aliphatic rings. The van der Waals surface area contributed by atoms with Gasteiger partial charge in [-0.3, -0.25) is 9.48 Å². The van der Waals surface area contributed by atoms with E-state index in [-0.39, 0.29) is 18.3 Å². The van der Waals surface area contributed by atoms with E-state index in [9.17, 15) is 4.79 Å². The van der Waals surface area contributed by atoms with Gasteiger partial charge in [0, 0.05) is 28.5 Å². The predicted molar refractivity (Wildman–Crippen MR) is 120 cm³/mol. The second kappa shape index (κ2) is 9.24. The first-order valence-electron chi connectivity index (χ1n) is 9.48. The third kappa shape index (κ3) is 5.45. The van der Waals surface area contributed by atoms with Crippen LogP contribution in [0.2, 0.25) is 10.0 Å². The van der Waals surface area contributed by atoms with Crippen LogP contribution in [0.1, 0.15) is 21.6 Å². The minimum atomic E-state index is -0.349. The van der Waals surface area contributed by atoms with Crippen molar-refractivity contribution >= 4 is 34.9 Å². The monoisotopic (exact) mass is 455 g/mol. The van der Waals surface area contributed by atoms with Crippen LogP contribution in [0.5, 0.6) is 5.75 Å². The van der Waals surface area contributed by atoms with E-state index in [4.69, 9.17) is 27.9 Å². The van der Waals surface area contributed by atoms with Crippen LogP contribution < -0.4 is 10.1 Å². The highest BCUT2D eigenvalue weighted by molar-refractivity contribution is 6.31. The van der Waals surface area contributed by atoms with Crippen LogP contribution in [-0.4, -0.2) is 25.5 Å². The molecule has 31 heavy (non-hydrogen) atoms. The molecule has 2 aromatic heterocycles. The smallest absolute Gasteiger partial charge is 0.277 e. The number of ether oxygens (including phenoxy) is 1. The molecule has 0 saturated heterocycles. The molecule has 2 heterocycles. The van der Waals surface area contributed by atoms with E-state index in [1.54, 1.807) is 41.3 Å². The van der Waals surface area contributed by atoms with Crippen LogP contribution in [0.3, 0.4) is 0 Å². The van der Waals surface area contributed by atoms with Crippen molar-refractivity contribution in [1.82, 2.24) is 19.6 Å². The van der Waals surface area contributed by atoms with Crippen LogP contribution in [0.25, 0.3) is 0 Å². The largest absolute Gasteiger partial charge is 0.471 e. The fourth-order valence-corrected chi connectivity index (χ4v) is 3.12. The number of rotatable bonds is 7. The molecule has 0 aliphatic carbocycles. The number of aromatic nitrogens is 4. The summed E-state index contributed by atoms with van der Waals surface area (Å²) in [5.41, 5.74) is 2.25. The Morgan fingerprint density at radius 1 is 1.00 bits per heavy atom. The van der Waals surface area contributed by atoms with Crippen molar-refractivity contribution in [3.8, 4) is 5.75 Å². The van der Waals surface area contributed by atoms with Crippen molar-refractivity contribution in [3.63, 3.8) is 0 Å². The highest BCUT2D eigenvalue weighted by atomic mass is 35.5. The van der Waals surface area contributed by atoms with Gasteiger partial charge in [-0.2, -0.15) is 10.2 Å². The van der Waals surface area contributed by atoms with Crippen molar-refractivity contribution in [2.45, 2.75) is 20.2 Å². The Balaban J connectivity index is 1.33. The fraction of sp³-hybridized carbons (Fsp3) is 0.136. The van der Waals surface area contributed by atoms with E-state index in [0.717, 1.165) is 11.1 Å². The Morgan fingerprint density at radius 3 is 2.55 bits per heavy atom. The normalized spacial score (nSPS) is 10.8. The number of hydrogen-bond donors (Lipinski definition) is 1. The van der Waals surface area contributed by atoms with Crippen molar-refractivity contribution < 1.29 is 9.53 Å². The number of nitrogens with zero attached hydrogens (tertiary/aromatic N) is 4. The first-order valence-corrected chi connectivity index (χ1v) is 10.2. The summed E-state index contributed by atoms with van der Waals surface area (Å²) < 4.78 is 8.97. The molecule has 1 N–H and O–H groups in total. The summed E-state index contributed by atoms with van der Waals surface area (Å²) in [5, 5.41) is 12.7. The summed E-state index contributed by atoms with van der Waals surface area (Å²) in [6, 6.07) is 16.3. The Morgan fingerprint density at radius 2 is 1.77 bits per heavy atom. The zero-order valence-electron chi connectivity index (χ0n) is 16.6. The lowest BCUT2D eigenvalue weighted by molar-refractivity contribution is 0.101. The lowest BCUT2D eigenvalue weighted by Gasteiger charge is -2.07. The Hall–Kier alpha value is -3.29. The zero-order chi connectivity index (χ0) is 21.8. The van der Waals surface area contributed by atoms with Gasteiger partial charge in [0.15, 0.2) is 18.2 Å². The quantitative estimate of drug-likeness (QED) is 0.423. The molecule has 0 unspecified atom stereocenters. The van der Waals surface area contributed by atoms with Gasteiger partial charge in [-0.05, 0) is 54.4 Å². The van der Waals surface area contributed by atoms with Crippen LogP contribution in [0.15, 0.2) is 67.0 Å². The molecule has 4 rings (SSSR count). The summed E-state index contributed by atoms with van der Waals surface area (Å²) in [5.74, 6) is 0.772. The molecule has 0 spiro atoms. The highest BCUT2D eigenvalue weighted by Gasteiger charge is 2.12. The van der Waals surface area contributed by atoms with Crippen LogP contribution in [-0.2, 0) is 13.3 Å². The Labute approximate surface area is 189 Å². The minimum absolute atomic E-state index is 0.171. The number of hydrogen-bond acceptors (Lipinski definition) is 4. The molecule has 0 bridgehead atoms. The highest BCUT2D eigenvalue weighted by Crippen LogP contribution is 2.21. The molecule has 158 valence electrons. The molecule has 0 radical (unpaired) electrons. The van der Waals surface area contributed by atoms with Gasteiger partial charge >= 0.3 is 0 Å². The second-order valence-electron chi connectivity index (χ2n) is 6.90. The molecule has 4 aromatic rings. The standard InChI is InChI=1S/C22H19Cl2N5O2/c1-15-12-18(6-7-19(15)24)31-14-29-10-8-20(26-29)22(30)25-21-9-11-28(27-21)13-16-2-4-17(23)5-3-16/h2-12H,13-14H2,1H3,(H,25,27,30). The summed E-state index contributed by atoms with van der Waals surface area (Å²) >= 11 is 11.9. The average molecular weight is 456 g/mol. The molecule has 0 aliphatic heterocycles. The zero-order valence-corrected chi connectivity index (χ0v) is 18.1. The third-order valence-electron chi connectivity index (χ3n) is 4.51. The molecule has 9 heteroatoms. The van der Waals surface area contributed by atoms with Gasteiger partial charge in [0.05, 0.1) is 6.54 Å². The summed E-state index contributed by atoms with van der Waals surface area (Å²) in [4.78, 5) is 12.5. The minimum Gasteiger partial charge on any atom is -0.471 e. The lowest BCUT2D eigenvalue weighted by atomic mass is 10.2. The molecular weight excluding hydrogens is 437 g/mol. The number of carbonyl (C=O) groups excluding carboxylic acids is 1. The second-order valence-corrected chi connectivity index (χ2v) is 7.75. The number of carbonyl (C=O) groups is 1. The molecule has 0 fully saturated rings.